The van der Waals surface area contributed by atoms with Crippen LogP contribution in [0.3, 0.4) is 0 Å². The molecule has 0 amide bonds. The predicted molar refractivity (Wildman–Crippen MR) is 59.3 cm³/mol. The molecule has 1 N–H and O–H groups in total. The molecule has 13 heavy (non-hydrogen) atoms. The molecule has 0 aliphatic rings. The summed E-state index contributed by atoms with van der Waals surface area (Å²) < 4.78 is 1.10. The first-order valence-corrected chi connectivity index (χ1v) is 4.95. The van der Waals surface area contributed by atoms with Crippen molar-refractivity contribution in [2.75, 3.05) is 0 Å². The van der Waals surface area contributed by atoms with Crippen LogP contribution in [0, 0.1) is 12.3 Å². The highest BCUT2D eigenvalue weighted by molar-refractivity contribution is 9.10. The van der Waals surface area contributed by atoms with Crippen molar-refractivity contribution in [3.8, 4) is 12.3 Å². The Bertz CT molecular complexity index is 297. The van der Waals surface area contributed by atoms with E-state index in [9.17, 15) is 0 Å². The maximum absolute atomic E-state index is 5.24. The lowest BCUT2D eigenvalue weighted by Gasteiger charge is -2.06. The van der Waals surface area contributed by atoms with Crippen molar-refractivity contribution in [3.05, 3.63) is 34.3 Å². The summed E-state index contributed by atoms with van der Waals surface area (Å²) in [6, 6.07) is 8.32. The van der Waals surface area contributed by atoms with Crippen molar-refractivity contribution >= 4 is 15.9 Å². The molecule has 1 atom stereocenters. The van der Waals surface area contributed by atoms with E-state index < -0.39 is 0 Å². The summed E-state index contributed by atoms with van der Waals surface area (Å²) in [5.74, 6) is 2.63. The Balaban J connectivity index is 2.47. The number of hydrogen-bond donors (Lipinski definition) is 1. The van der Waals surface area contributed by atoms with Crippen molar-refractivity contribution in [1.82, 2.24) is 5.32 Å². The van der Waals surface area contributed by atoms with Gasteiger partial charge in [-0.05, 0) is 24.6 Å². The summed E-state index contributed by atoms with van der Waals surface area (Å²) in [6.45, 7) is 2.79. The lowest BCUT2D eigenvalue weighted by Crippen LogP contribution is -2.23. The molecule has 0 heterocycles. The Morgan fingerprint density at radius 2 is 2.08 bits per heavy atom. The summed E-state index contributed by atoms with van der Waals surface area (Å²) in [5, 5.41) is 3.22. The molecule has 1 nitrogen and oxygen atoms in total. The molecule has 68 valence electrons. The van der Waals surface area contributed by atoms with Gasteiger partial charge < -0.3 is 0 Å². The zero-order valence-corrected chi connectivity index (χ0v) is 9.14. The van der Waals surface area contributed by atoms with Crippen LogP contribution < -0.4 is 5.32 Å². The second kappa shape index (κ2) is 5.06. The Kier molecular flexibility index (Phi) is 4.01. The van der Waals surface area contributed by atoms with Crippen molar-refractivity contribution in [2.24, 2.45) is 0 Å². The van der Waals surface area contributed by atoms with E-state index in [4.69, 9.17) is 6.42 Å². The molecule has 0 spiro atoms. The van der Waals surface area contributed by atoms with Gasteiger partial charge in [0.15, 0.2) is 0 Å². The first-order valence-electron chi connectivity index (χ1n) is 4.16. The van der Waals surface area contributed by atoms with E-state index in [1.165, 1.54) is 5.56 Å². The van der Waals surface area contributed by atoms with E-state index in [0.29, 0.717) is 0 Å². The number of nitrogens with one attached hydrogen (secondary N) is 1. The predicted octanol–water partition coefficient (Wildman–Crippen LogP) is 2.56. The molecular formula is C11H12BrN. The first kappa shape index (κ1) is 10.3. The number of halogens is 1. The Morgan fingerprint density at radius 3 is 2.62 bits per heavy atom. The van der Waals surface area contributed by atoms with Crippen molar-refractivity contribution in [1.29, 1.82) is 0 Å². The van der Waals surface area contributed by atoms with Crippen LogP contribution in [0.15, 0.2) is 28.7 Å². The summed E-state index contributed by atoms with van der Waals surface area (Å²) in [7, 11) is 0. The minimum Gasteiger partial charge on any atom is -0.300 e. The van der Waals surface area contributed by atoms with Crippen LogP contribution in [0.5, 0.6) is 0 Å². The molecule has 0 aliphatic heterocycles. The lowest BCUT2D eigenvalue weighted by molar-refractivity contribution is 0.648. The first-order chi connectivity index (χ1) is 6.22. The lowest BCUT2D eigenvalue weighted by atomic mass is 10.2. The smallest absolute Gasteiger partial charge is 0.0660 e. The van der Waals surface area contributed by atoms with Crippen LogP contribution in [0.1, 0.15) is 12.5 Å². The van der Waals surface area contributed by atoms with E-state index in [2.05, 4.69) is 39.3 Å². The monoisotopic (exact) mass is 237 g/mol. The van der Waals surface area contributed by atoms with Crippen LogP contribution >= 0.6 is 15.9 Å². The largest absolute Gasteiger partial charge is 0.300 e. The molecule has 2 heteroatoms. The second-order valence-electron chi connectivity index (χ2n) is 2.90. The van der Waals surface area contributed by atoms with E-state index in [1.54, 1.807) is 0 Å². The molecule has 1 aromatic carbocycles. The summed E-state index contributed by atoms with van der Waals surface area (Å²) in [5.41, 5.74) is 1.24. The normalized spacial score (nSPS) is 12.1. The van der Waals surface area contributed by atoms with Gasteiger partial charge in [-0.3, -0.25) is 5.32 Å². The Morgan fingerprint density at radius 1 is 1.46 bits per heavy atom. The quantitative estimate of drug-likeness (QED) is 0.798. The molecule has 1 aromatic rings. The average molecular weight is 238 g/mol. The molecule has 1 rings (SSSR count). The fourth-order valence-corrected chi connectivity index (χ4v) is 1.20. The van der Waals surface area contributed by atoms with Crippen LogP contribution in [0.2, 0.25) is 0 Å². The SMILES string of the molecule is C#CC(C)NCc1ccc(Br)cc1. The topological polar surface area (TPSA) is 12.0 Å². The fraction of sp³-hybridized carbons (Fsp3) is 0.273. The van der Waals surface area contributed by atoms with Crippen LogP contribution in [0.4, 0.5) is 0 Å². The molecule has 0 radical (unpaired) electrons. The molecular weight excluding hydrogens is 226 g/mol. The third kappa shape index (κ3) is 3.63. The highest BCUT2D eigenvalue weighted by atomic mass is 79.9. The second-order valence-corrected chi connectivity index (χ2v) is 3.81. The summed E-state index contributed by atoms with van der Waals surface area (Å²) >= 11 is 3.39. The Hall–Kier alpha value is -0.780. The molecule has 0 saturated heterocycles. The number of rotatable bonds is 3. The highest BCUT2D eigenvalue weighted by Gasteiger charge is 1.96. The van der Waals surface area contributed by atoms with Gasteiger partial charge in [-0.2, -0.15) is 0 Å². The number of hydrogen-bond acceptors (Lipinski definition) is 1. The van der Waals surface area contributed by atoms with Gasteiger partial charge in [0.25, 0.3) is 0 Å². The van der Waals surface area contributed by atoms with Gasteiger partial charge >= 0.3 is 0 Å². The fourth-order valence-electron chi connectivity index (χ4n) is 0.932. The van der Waals surface area contributed by atoms with Crippen LogP contribution in [-0.2, 0) is 6.54 Å². The van der Waals surface area contributed by atoms with E-state index in [1.807, 2.05) is 19.1 Å². The van der Waals surface area contributed by atoms with E-state index in [0.717, 1.165) is 11.0 Å². The third-order valence-electron chi connectivity index (χ3n) is 1.78. The van der Waals surface area contributed by atoms with Crippen molar-refractivity contribution < 1.29 is 0 Å². The number of benzene rings is 1. The van der Waals surface area contributed by atoms with Crippen LogP contribution in [-0.4, -0.2) is 6.04 Å². The highest BCUT2D eigenvalue weighted by Crippen LogP contribution is 2.10. The molecule has 1 unspecified atom stereocenters. The minimum atomic E-state index is 0.128. The Labute approximate surface area is 87.7 Å². The van der Waals surface area contributed by atoms with Crippen LogP contribution in [0.25, 0.3) is 0 Å². The maximum Gasteiger partial charge on any atom is 0.0660 e. The van der Waals surface area contributed by atoms with E-state index in [-0.39, 0.29) is 6.04 Å². The zero-order chi connectivity index (χ0) is 9.68. The maximum atomic E-state index is 5.24. The van der Waals surface area contributed by atoms with Gasteiger partial charge in [0, 0.05) is 11.0 Å². The van der Waals surface area contributed by atoms with Gasteiger partial charge in [-0.1, -0.05) is 34.0 Å². The van der Waals surface area contributed by atoms with Gasteiger partial charge in [0.1, 0.15) is 0 Å². The summed E-state index contributed by atoms with van der Waals surface area (Å²) in [6.07, 6.45) is 5.24. The van der Waals surface area contributed by atoms with Crippen molar-refractivity contribution in [3.63, 3.8) is 0 Å². The van der Waals surface area contributed by atoms with E-state index >= 15 is 0 Å². The molecule has 0 fully saturated rings. The molecule has 0 aliphatic carbocycles. The molecule has 0 saturated carbocycles. The van der Waals surface area contributed by atoms with Gasteiger partial charge in [-0.15, -0.1) is 6.42 Å². The molecule has 0 bridgehead atoms. The average Bonchev–Trinajstić information content (AvgIpc) is 2.16. The zero-order valence-electron chi connectivity index (χ0n) is 7.55. The minimum absolute atomic E-state index is 0.128. The van der Waals surface area contributed by atoms with Crippen molar-refractivity contribution in [2.45, 2.75) is 19.5 Å². The van der Waals surface area contributed by atoms with Gasteiger partial charge in [-0.25, -0.2) is 0 Å². The van der Waals surface area contributed by atoms with Gasteiger partial charge in [0.2, 0.25) is 0 Å². The third-order valence-corrected chi connectivity index (χ3v) is 2.30. The standard InChI is InChI=1S/C11H12BrN/c1-3-9(2)13-8-10-4-6-11(12)7-5-10/h1,4-7,9,13H,8H2,2H3. The number of terminal acetylenes is 1. The molecule has 0 aromatic heterocycles. The summed E-state index contributed by atoms with van der Waals surface area (Å²) in [4.78, 5) is 0. The van der Waals surface area contributed by atoms with Gasteiger partial charge in [0.05, 0.1) is 6.04 Å².